The molecule has 18 heavy (non-hydrogen) atoms. The number of nitrogens with zero attached hydrogens (tertiary/aromatic N) is 5. The summed E-state index contributed by atoms with van der Waals surface area (Å²) in [6, 6.07) is 3.86. The van der Waals surface area contributed by atoms with Crippen molar-refractivity contribution in [2.24, 2.45) is 0 Å². The summed E-state index contributed by atoms with van der Waals surface area (Å²) in [5, 5.41) is 8.96. The number of nitrogens with two attached hydrogens (primary N) is 1. The van der Waals surface area contributed by atoms with Crippen LogP contribution >= 0.6 is 11.3 Å². The monoisotopic (exact) mass is 262 g/mol. The molecule has 1 aliphatic heterocycles. The minimum atomic E-state index is 0.700. The minimum Gasteiger partial charge on any atom is -0.397 e. The van der Waals surface area contributed by atoms with Gasteiger partial charge in [-0.2, -0.15) is 0 Å². The van der Waals surface area contributed by atoms with Crippen LogP contribution in [-0.4, -0.2) is 41.4 Å². The summed E-state index contributed by atoms with van der Waals surface area (Å²) in [4.78, 5) is 8.86. The van der Waals surface area contributed by atoms with Gasteiger partial charge < -0.3 is 15.5 Å². The number of rotatable bonds is 2. The van der Waals surface area contributed by atoms with Gasteiger partial charge in [0.25, 0.3) is 0 Å². The van der Waals surface area contributed by atoms with Crippen molar-refractivity contribution < 1.29 is 0 Å². The van der Waals surface area contributed by atoms with Gasteiger partial charge >= 0.3 is 0 Å². The third kappa shape index (κ3) is 2.21. The van der Waals surface area contributed by atoms with Crippen LogP contribution < -0.4 is 15.5 Å². The quantitative estimate of drug-likeness (QED) is 0.865. The highest BCUT2D eigenvalue weighted by Gasteiger charge is 2.19. The predicted molar refractivity (Wildman–Crippen MR) is 73.0 cm³/mol. The first-order valence-corrected chi connectivity index (χ1v) is 6.68. The lowest BCUT2D eigenvalue weighted by Crippen LogP contribution is -2.46. The first-order chi connectivity index (χ1) is 8.83. The van der Waals surface area contributed by atoms with E-state index in [1.54, 1.807) is 23.0 Å². The van der Waals surface area contributed by atoms with Gasteiger partial charge in [-0.1, -0.05) is 11.3 Å². The van der Waals surface area contributed by atoms with E-state index in [-0.39, 0.29) is 0 Å². The summed E-state index contributed by atoms with van der Waals surface area (Å²) in [6.45, 7) is 3.77. The molecule has 0 amide bonds. The summed E-state index contributed by atoms with van der Waals surface area (Å²) in [6.07, 6.45) is 1.70. The number of pyridine rings is 1. The fourth-order valence-electron chi connectivity index (χ4n) is 2.02. The summed E-state index contributed by atoms with van der Waals surface area (Å²) in [7, 11) is 0. The Morgan fingerprint density at radius 3 is 2.50 bits per heavy atom. The fraction of sp³-hybridized carbons (Fsp3) is 0.364. The van der Waals surface area contributed by atoms with E-state index in [0.717, 1.165) is 37.1 Å². The molecular formula is C11H14N6S. The Morgan fingerprint density at radius 1 is 1.11 bits per heavy atom. The molecule has 0 atom stereocenters. The molecule has 94 valence electrons. The van der Waals surface area contributed by atoms with Gasteiger partial charge in [-0.05, 0) is 12.1 Å². The average Bonchev–Trinajstić information content (AvgIpc) is 2.94. The van der Waals surface area contributed by atoms with E-state index in [9.17, 15) is 0 Å². The van der Waals surface area contributed by atoms with Crippen molar-refractivity contribution in [1.82, 2.24) is 15.2 Å². The van der Waals surface area contributed by atoms with Crippen LogP contribution in [0.2, 0.25) is 0 Å². The van der Waals surface area contributed by atoms with Gasteiger partial charge in [-0.25, -0.2) is 4.98 Å². The molecule has 0 spiro atoms. The van der Waals surface area contributed by atoms with Crippen LogP contribution in [0.4, 0.5) is 16.6 Å². The van der Waals surface area contributed by atoms with Crippen molar-refractivity contribution in [3.8, 4) is 0 Å². The zero-order valence-electron chi connectivity index (χ0n) is 9.86. The highest BCUT2D eigenvalue weighted by molar-refractivity contribution is 7.13. The smallest absolute Gasteiger partial charge is 0.208 e. The van der Waals surface area contributed by atoms with Gasteiger partial charge in [-0.15, -0.1) is 10.2 Å². The first kappa shape index (κ1) is 11.2. The Hall–Kier alpha value is -1.89. The number of anilines is 3. The zero-order valence-corrected chi connectivity index (χ0v) is 10.7. The van der Waals surface area contributed by atoms with E-state index in [0.29, 0.717) is 5.69 Å². The molecule has 0 unspecified atom stereocenters. The molecule has 1 saturated heterocycles. The third-order valence-electron chi connectivity index (χ3n) is 2.99. The van der Waals surface area contributed by atoms with Crippen molar-refractivity contribution in [1.29, 1.82) is 0 Å². The van der Waals surface area contributed by atoms with E-state index < -0.39 is 0 Å². The van der Waals surface area contributed by atoms with Crippen molar-refractivity contribution in [2.45, 2.75) is 0 Å². The lowest BCUT2D eigenvalue weighted by molar-refractivity contribution is 0.644. The maximum atomic E-state index is 5.64. The number of hydrogen-bond acceptors (Lipinski definition) is 7. The Kier molecular flexibility index (Phi) is 2.97. The van der Waals surface area contributed by atoms with Gasteiger partial charge in [0.1, 0.15) is 11.3 Å². The van der Waals surface area contributed by atoms with E-state index >= 15 is 0 Å². The highest BCUT2D eigenvalue weighted by atomic mass is 32.1. The molecule has 2 N–H and O–H groups in total. The molecule has 1 fully saturated rings. The molecule has 0 aromatic carbocycles. The molecule has 1 aliphatic rings. The van der Waals surface area contributed by atoms with Crippen LogP contribution in [0.25, 0.3) is 0 Å². The topological polar surface area (TPSA) is 71.2 Å². The van der Waals surface area contributed by atoms with Gasteiger partial charge in [0.05, 0.1) is 11.9 Å². The second kappa shape index (κ2) is 4.77. The Balaban J connectivity index is 1.65. The molecule has 3 rings (SSSR count). The second-order valence-corrected chi connectivity index (χ2v) is 4.96. The van der Waals surface area contributed by atoms with Crippen LogP contribution in [0.5, 0.6) is 0 Å². The molecule has 6 nitrogen and oxygen atoms in total. The molecule has 0 radical (unpaired) electrons. The zero-order chi connectivity index (χ0) is 12.4. The molecular weight excluding hydrogens is 248 g/mol. The largest absolute Gasteiger partial charge is 0.397 e. The predicted octanol–water partition coefficient (Wildman–Crippen LogP) is 0.842. The number of piperazine rings is 1. The Bertz CT molecular complexity index is 489. The highest BCUT2D eigenvalue weighted by Crippen LogP contribution is 2.20. The lowest BCUT2D eigenvalue weighted by atomic mass is 10.3. The normalized spacial score (nSPS) is 16.0. The molecule has 2 aromatic heterocycles. The number of hydrogen-bond donors (Lipinski definition) is 1. The van der Waals surface area contributed by atoms with E-state index in [1.165, 1.54) is 0 Å². The Labute approximate surface area is 109 Å². The molecule has 7 heteroatoms. The molecule has 2 aromatic rings. The third-order valence-corrected chi connectivity index (χ3v) is 3.74. The van der Waals surface area contributed by atoms with Crippen molar-refractivity contribution >= 4 is 28.0 Å². The van der Waals surface area contributed by atoms with Gasteiger partial charge in [-0.3, -0.25) is 0 Å². The first-order valence-electron chi connectivity index (χ1n) is 5.80. The molecule has 0 bridgehead atoms. The van der Waals surface area contributed by atoms with E-state index in [4.69, 9.17) is 5.73 Å². The molecule has 0 aliphatic carbocycles. The van der Waals surface area contributed by atoms with Crippen LogP contribution in [0.15, 0.2) is 23.8 Å². The molecule has 3 heterocycles. The van der Waals surface area contributed by atoms with Gasteiger partial charge in [0, 0.05) is 26.2 Å². The van der Waals surface area contributed by atoms with Crippen molar-refractivity contribution in [3.05, 3.63) is 23.8 Å². The number of nitrogen functional groups attached to an aromatic ring is 1. The van der Waals surface area contributed by atoms with E-state index in [1.807, 2.05) is 12.1 Å². The van der Waals surface area contributed by atoms with Crippen molar-refractivity contribution in [2.75, 3.05) is 41.7 Å². The van der Waals surface area contributed by atoms with Crippen LogP contribution in [0.3, 0.4) is 0 Å². The SMILES string of the molecule is Nc1ccc(N2CCN(c3nncs3)CC2)nc1. The summed E-state index contributed by atoms with van der Waals surface area (Å²) < 4.78 is 0. The summed E-state index contributed by atoms with van der Waals surface area (Å²) in [5.41, 5.74) is 8.11. The molecule has 0 saturated carbocycles. The maximum Gasteiger partial charge on any atom is 0.208 e. The number of aromatic nitrogens is 3. The summed E-state index contributed by atoms with van der Waals surface area (Å²) >= 11 is 1.58. The van der Waals surface area contributed by atoms with E-state index in [2.05, 4.69) is 25.0 Å². The van der Waals surface area contributed by atoms with Gasteiger partial charge in [0.2, 0.25) is 5.13 Å². The minimum absolute atomic E-state index is 0.700. The van der Waals surface area contributed by atoms with Gasteiger partial charge in [0.15, 0.2) is 0 Å². The lowest BCUT2D eigenvalue weighted by Gasteiger charge is -2.34. The standard InChI is InChI=1S/C11H14N6S/c12-9-1-2-10(13-7-9)16-3-5-17(6-4-16)11-15-14-8-18-11/h1-2,7-8H,3-6,12H2. The average molecular weight is 262 g/mol. The summed E-state index contributed by atoms with van der Waals surface area (Å²) in [5.74, 6) is 0.987. The van der Waals surface area contributed by atoms with Crippen LogP contribution in [0.1, 0.15) is 0 Å². The van der Waals surface area contributed by atoms with Crippen LogP contribution in [0, 0.1) is 0 Å². The fourth-order valence-corrected chi connectivity index (χ4v) is 2.63. The van der Waals surface area contributed by atoms with Crippen molar-refractivity contribution in [3.63, 3.8) is 0 Å². The second-order valence-electron chi connectivity index (χ2n) is 4.15. The Morgan fingerprint density at radius 2 is 1.89 bits per heavy atom. The van der Waals surface area contributed by atoms with Crippen LogP contribution in [-0.2, 0) is 0 Å². The maximum absolute atomic E-state index is 5.64.